The zero-order valence-corrected chi connectivity index (χ0v) is 11.9. The van der Waals surface area contributed by atoms with E-state index in [1.165, 1.54) is 32.1 Å². The van der Waals surface area contributed by atoms with Crippen LogP contribution in [0.3, 0.4) is 0 Å². The number of hydrogen-bond donors (Lipinski definition) is 0. The molecule has 1 heterocycles. The summed E-state index contributed by atoms with van der Waals surface area (Å²) in [5.41, 5.74) is 0.959. The molecule has 0 aliphatic heterocycles. The Labute approximate surface area is 118 Å². The molecule has 0 unspecified atom stereocenters. The van der Waals surface area contributed by atoms with Gasteiger partial charge in [-0.25, -0.2) is 9.67 Å². The molecule has 100 valence electrons. The lowest BCUT2D eigenvalue weighted by molar-refractivity contribution is 0.427. The van der Waals surface area contributed by atoms with E-state index in [2.05, 4.69) is 5.10 Å². The Morgan fingerprint density at radius 2 is 1.89 bits per heavy atom. The highest BCUT2D eigenvalue weighted by Crippen LogP contribution is 2.33. The second-order valence-electron chi connectivity index (χ2n) is 5.23. The van der Waals surface area contributed by atoms with Gasteiger partial charge >= 0.3 is 0 Å². The van der Waals surface area contributed by atoms with Crippen LogP contribution in [0.5, 0.6) is 0 Å². The highest BCUT2D eigenvalue weighted by Gasteiger charge is 2.21. The summed E-state index contributed by atoms with van der Waals surface area (Å²) in [5, 5.41) is 5.33. The van der Waals surface area contributed by atoms with Gasteiger partial charge in [0.25, 0.3) is 0 Å². The molecular formula is C15H18ClN3. The summed E-state index contributed by atoms with van der Waals surface area (Å²) in [4.78, 5) is 4.73. The minimum Gasteiger partial charge on any atom is -0.249 e. The molecule has 1 saturated carbocycles. The molecule has 1 aromatic heterocycles. The Morgan fingerprint density at radius 1 is 1.16 bits per heavy atom. The van der Waals surface area contributed by atoms with Gasteiger partial charge in [-0.2, -0.15) is 5.10 Å². The summed E-state index contributed by atoms with van der Waals surface area (Å²) in [6, 6.07) is 7.81. The molecule has 1 aliphatic rings. The molecule has 0 N–H and O–H groups in total. The van der Waals surface area contributed by atoms with Gasteiger partial charge in [-0.1, -0.05) is 43.0 Å². The van der Waals surface area contributed by atoms with Gasteiger partial charge in [-0.05, 0) is 25.0 Å². The molecule has 3 nitrogen and oxygen atoms in total. The molecule has 0 radical (unpaired) electrons. The molecule has 0 spiro atoms. The number of halogens is 1. The van der Waals surface area contributed by atoms with Crippen LogP contribution >= 0.6 is 11.6 Å². The first kappa shape index (κ1) is 12.7. The second-order valence-corrected chi connectivity index (χ2v) is 5.64. The first-order valence-corrected chi connectivity index (χ1v) is 7.29. The smallest absolute Gasteiger partial charge is 0.159 e. The first-order valence-electron chi connectivity index (χ1n) is 6.91. The van der Waals surface area contributed by atoms with Crippen molar-refractivity contribution in [1.29, 1.82) is 0 Å². The molecule has 19 heavy (non-hydrogen) atoms. The molecule has 1 aromatic carbocycles. The maximum Gasteiger partial charge on any atom is 0.159 e. The van der Waals surface area contributed by atoms with Crippen molar-refractivity contribution in [3.8, 4) is 11.4 Å². The van der Waals surface area contributed by atoms with Crippen LogP contribution in [0.2, 0.25) is 5.02 Å². The molecule has 3 rings (SSSR count). The normalized spacial score (nSPS) is 16.7. The number of hydrogen-bond acceptors (Lipinski definition) is 2. The molecular weight excluding hydrogens is 258 g/mol. The van der Waals surface area contributed by atoms with Crippen LogP contribution in [0.25, 0.3) is 11.4 Å². The zero-order valence-electron chi connectivity index (χ0n) is 11.1. The van der Waals surface area contributed by atoms with Crippen LogP contribution in [0.1, 0.15) is 43.8 Å². The van der Waals surface area contributed by atoms with Crippen molar-refractivity contribution in [2.24, 2.45) is 7.05 Å². The average Bonchev–Trinajstić information content (AvgIpc) is 2.82. The van der Waals surface area contributed by atoms with Gasteiger partial charge in [0.15, 0.2) is 11.6 Å². The lowest BCUT2D eigenvalue weighted by Gasteiger charge is -2.18. The lowest BCUT2D eigenvalue weighted by Crippen LogP contribution is -2.06. The third-order valence-electron chi connectivity index (χ3n) is 3.86. The lowest BCUT2D eigenvalue weighted by atomic mass is 9.89. The summed E-state index contributed by atoms with van der Waals surface area (Å²) >= 11 is 6.24. The summed E-state index contributed by atoms with van der Waals surface area (Å²) in [7, 11) is 1.94. The van der Waals surface area contributed by atoms with Crippen LogP contribution in [0, 0.1) is 0 Å². The standard InChI is InChI=1S/C15H18ClN3/c1-19-15(12-9-5-6-10-13(12)16)17-14(18-19)11-7-3-2-4-8-11/h5-6,9-11H,2-4,7-8H2,1H3. The zero-order chi connectivity index (χ0) is 13.2. The van der Waals surface area contributed by atoms with E-state index in [4.69, 9.17) is 16.6 Å². The van der Waals surface area contributed by atoms with Gasteiger partial charge in [0, 0.05) is 18.5 Å². The van der Waals surface area contributed by atoms with Crippen LogP contribution in [-0.2, 0) is 7.05 Å². The number of nitrogens with zero attached hydrogens (tertiary/aromatic N) is 3. The Kier molecular flexibility index (Phi) is 3.56. The Balaban J connectivity index is 1.95. The average molecular weight is 276 g/mol. The molecule has 0 atom stereocenters. The highest BCUT2D eigenvalue weighted by molar-refractivity contribution is 6.33. The summed E-state index contributed by atoms with van der Waals surface area (Å²) < 4.78 is 1.85. The van der Waals surface area contributed by atoms with Crippen molar-refractivity contribution >= 4 is 11.6 Å². The SMILES string of the molecule is Cn1nc(C2CCCCC2)nc1-c1ccccc1Cl. The van der Waals surface area contributed by atoms with Crippen molar-refractivity contribution in [3.05, 3.63) is 35.1 Å². The quantitative estimate of drug-likeness (QED) is 0.823. The number of aryl methyl sites for hydroxylation is 1. The van der Waals surface area contributed by atoms with Crippen molar-refractivity contribution in [3.63, 3.8) is 0 Å². The minimum atomic E-state index is 0.524. The molecule has 1 fully saturated rings. The maximum atomic E-state index is 6.24. The first-order chi connectivity index (χ1) is 9.25. The van der Waals surface area contributed by atoms with Crippen molar-refractivity contribution in [1.82, 2.24) is 14.8 Å². The molecule has 0 saturated heterocycles. The predicted molar refractivity (Wildman–Crippen MR) is 77.3 cm³/mol. The van der Waals surface area contributed by atoms with Crippen molar-refractivity contribution in [2.75, 3.05) is 0 Å². The van der Waals surface area contributed by atoms with E-state index >= 15 is 0 Å². The summed E-state index contributed by atoms with van der Waals surface area (Å²) in [5.74, 6) is 2.37. The maximum absolute atomic E-state index is 6.24. The van der Waals surface area contributed by atoms with Crippen LogP contribution in [0.15, 0.2) is 24.3 Å². The van der Waals surface area contributed by atoms with E-state index in [1.807, 2.05) is 36.0 Å². The van der Waals surface area contributed by atoms with Gasteiger partial charge in [0.05, 0.1) is 5.02 Å². The van der Waals surface area contributed by atoms with E-state index in [-0.39, 0.29) is 0 Å². The van der Waals surface area contributed by atoms with E-state index in [1.54, 1.807) is 0 Å². The van der Waals surface area contributed by atoms with E-state index < -0.39 is 0 Å². The Bertz CT molecular complexity index is 571. The minimum absolute atomic E-state index is 0.524. The van der Waals surface area contributed by atoms with Gasteiger partial charge in [-0.3, -0.25) is 0 Å². The predicted octanol–water partition coefficient (Wildman–Crippen LogP) is 4.18. The number of rotatable bonds is 2. The molecule has 1 aliphatic carbocycles. The number of benzene rings is 1. The number of aromatic nitrogens is 3. The molecule has 0 bridgehead atoms. The Hall–Kier alpha value is -1.35. The molecule has 0 amide bonds. The van der Waals surface area contributed by atoms with Gasteiger partial charge in [-0.15, -0.1) is 0 Å². The van der Waals surface area contributed by atoms with Gasteiger partial charge < -0.3 is 0 Å². The van der Waals surface area contributed by atoms with Crippen LogP contribution in [-0.4, -0.2) is 14.8 Å². The van der Waals surface area contributed by atoms with E-state index in [9.17, 15) is 0 Å². The third-order valence-corrected chi connectivity index (χ3v) is 4.19. The topological polar surface area (TPSA) is 30.7 Å². The highest BCUT2D eigenvalue weighted by atomic mass is 35.5. The third kappa shape index (κ3) is 2.52. The van der Waals surface area contributed by atoms with Gasteiger partial charge in [0.1, 0.15) is 0 Å². The van der Waals surface area contributed by atoms with Gasteiger partial charge in [0.2, 0.25) is 0 Å². The fourth-order valence-corrected chi connectivity index (χ4v) is 3.04. The van der Waals surface area contributed by atoms with E-state index in [0.29, 0.717) is 5.92 Å². The summed E-state index contributed by atoms with van der Waals surface area (Å²) in [6.07, 6.45) is 6.37. The fraction of sp³-hybridized carbons (Fsp3) is 0.467. The monoisotopic (exact) mass is 275 g/mol. The largest absolute Gasteiger partial charge is 0.249 e. The van der Waals surface area contributed by atoms with E-state index in [0.717, 1.165) is 22.2 Å². The fourth-order valence-electron chi connectivity index (χ4n) is 2.82. The van der Waals surface area contributed by atoms with Crippen LogP contribution in [0.4, 0.5) is 0 Å². The molecule has 4 heteroatoms. The summed E-state index contributed by atoms with van der Waals surface area (Å²) in [6.45, 7) is 0. The Morgan fingerprint density at radius 3 is 2.63 bits per heavy atom. The second kappa shape index (κ2) is 5.33. The van der Waals surface area contributed by atoms with Crippen molar-refractivity contribution < 1.29 is 0 Å². The van der Waals surface area contributed by atoms with Crippen molar-refractivity contribution in [2.45, 2.75) is 38.0 Å². The molecule has 2 aromatic rings. The van der Waals surface area contributed by atoms with Crippen LogP contribution < -0.4 is 0 Å².